The number of amides is 3. The highest BCUT2D eigenvalue weighted by Gasteiger charge is 2.09. The monoisotopic (exact) mass is 335 g/mol. The molecule has 2 rings (SSSR count). The number of hydrogen-bond acceptors (Lipinski definition) is 3. The van der Waals surface area contributed by atoms with Crippen molar-refractivity contribution in [3.05, 3.63) is 54.1 Å². The van der Waals surface area contributed by atoms with Gasteiger partial charge >= 0.3 is 6.03 Å². The van der Waals surface area contributed by atoms with Crippen LogP contribution in [0.3, 0.4) is 0 Å². The molecule has 3 amide bonds. The van der Waals surface area contributed by atoms with E-state index < -0.39 is 30.2 Å². The van der Waals surface area contributed by atoms with Gasteiger partial charge in [-0.2, -0.15) is 0 Å². The lowest BCUT2D eigenvalue weighted by Crippen LogP contribution is -2.24. The summed E-state index contributed by atoms with van der Waals surface area (Å²) in [6.45, 7) is -0.449. The van der Waals surface area contributed by atoms with Crippen LogP contribution in [0.1, 0.15) is 0 Å². The molecule has 0 bridgehead atoms. The minimum Gasteiger partial charge on any atom is -0.481 e. The van der Waals surface area contributed by atoms with Gasteiger partial charge in [-0.15, -0.1) is 0 Å². The van der Waals surface area contributed by atoms with Crippen molar-refractivity contribution >= 4 is 23.3 Å². The van der Waals surface area contributed by atoms with Gasteiger partial charge < -0.3 is 20.7 Å². The van der Waals surface area contributed by atoms with Gasteiger partial charge in [-0.3, -0.25) is 4.79 Å². The zero-order chi connectivity index (χ0) is 17.5. The van der Waals surface area contributed by atoms with Crippen molar-refractivity contribution in [3.63, 3.8) is 0 Å². The lowest BCUT2D eigenvalue weighted by Gasteiger charge is -2.10. The molecule has 0 saturated carbocycles. The fourth-order valence-electron chi connectivity index (χ4n) is 1.80. The molecular formula is C16H15F2N3O3. The molecule has 0 aliphatic rings. The third-order valence-electron chi connectivity index (χ3n) is 2.88. The Labute approximate surface area is 136 Å². The Morgan fingerprint density at radius 1 is 1.04 bits per heavy atom. The molecule has 126 valence electrons. The Balaban J connectivity index is 1.92. The van der Waals surface area contributed by atoms with Crippen molar-refractivity contribution in [2.45, 2.75) is 0 Å². The third-order valence-corrected chi connectivity index (χ3v) is 2.88. The van der Waals surface area contributed by atoms with Crippen LogP contribution in [0, 0.1) is 11.6 Å². The fraction of sp³-hybridized carbons (Fsp3) is 0.125. The molecule has 0 aliphatic heterocycles. The molecular weight excluding hydrogens is 320 g/mol. The summed E-state index contributed by atoms with van der Waals surface area (Å²) in [5.74, 6) is -2.37. The SMILES string of the molecule is CNC(=O)Nc1cccc(NC(=O)COc2ccc(F)cc2F)c1. The van der Waals surface area contributed by atoms with E-state index in [0.29, 0.717) is 17.4 Å². The Morgan fingerprint density at radius 3 is 2.42 bits per heavy atom. The number of halogens is 2. The third kappa shape index (κ3) is 4.94. The largest absolute Gasteiger partial charge is 0.481 e. The quantitative estimate of drug-likeness (QED) is 0.786. The lowest BCUT2D eigenvalue weighted by atomic mass is 10.2. The average Bonchev–Trinajstić information content (AvgIpc) is 2.54. The number of urea groups is 1. The summed E-state index contributed by atoms with van der Waals surface area (Å²) >= 11 is 0. The minimum absolute atomic E-state index is 0.221. The number of hydrogen-bond donors (Lipinski definition) is 3. The van der Waals surface area contributed by atoms with Gasteiger partial charge in [0.1, 0.15) is 5.82 Å². The molecule has 2 aromatic carbocycles. The number of nitrogens with one attached hydrogen (secondary N) is 3. The Kier molecular flexibility index (Phi) is 5.67. The molecule has 0 fully saturated rings. The van der Waals surface area contributed by atoms with Gasteiger partial charge in [-0.1, -0.05) is 6.07 Å². The van der Waals surface area contributed by atoms with E-state index >= 15 is 0 Å². The topological polar surface area (TPSA) is 79.5 Å². The van der Waals surface area contributed by atoms with Gasteiger partial charge in [0.05, 0.1) is 0 Å². The molecule has 2 aromatic rings. The standard InChI is InChI=1S/C16H15F2N3O3/c1-19-16(23)21-12-4-2-3-11(8-12)20-15(22)9-24-14-6-5-10(17)7-13(14)18/h2-8H,9H2,1H3,(H,20,22)(H2,19,21,23). The second-order valence-electron chi connectivity index (χ2n) is 4.70. The minimum atomic E-state index is -0.889. The van der Waals surface area contributed by atoms with Gasteiger partial charge in [-0.25, -0.2) is 13.6 Å². The molecule has 0 atom stereocenters. The molecule has 24 heavy (non-hydrogen) atoms. The number of benzene rings is 2. The molecule has 0 aliphatic carbocycles. The molecule has 8 heteroatoms. The molecule has 3 N–H and O–H groups in total. The molecule has 0 heterocycles. The summed E-state index contributed by atoms with van der Waals surface area (Å²) in [5.41, 5.74) is 0.912. The molecule has 6 nitrogen and oxygen atoms in total. The summed E-state index contributed by atoms with van der Waals surface area (Å²) in [5, 5.41) is 7.50. The predicted octanol–water partition coefficient (Wildman–Crippen LogP) is 2.73. The second-order valence-corrected chi connectivity index (χ2v) is 4.70. The van der Waals surface area contributed by atoms with Gasteiger partial charge in [0, 0.05) is 24.5 Å². The molecule has 0 saturated heterocycles. The van der Waals surface area contributed by atoms with Crippen LogP contribution in [0.4, 0.5) is 25.0 Å². The maximum atomic E-state index is 13.4. The van der Waals surface area contributed by atoms with Gasteiger partial charge in [-0.05, 0) is 30.3 Å². The lowest BCUT2D eigenvalue weighted by molar-refractivity contribution is -0.118. The van der Waals surface area contributed by atoms with E-state index in [4.69, 9.17) is 4.74 Å². The van der Waals surface area contributed by atoms with E-state index in [-0.39, 0.29) is 5.75 Å². The van der Waals surface area contributed by atoms with E-state index in [2.05, 4.69) is 16.0 Å². The van der Waals surface area contributed by atoms with E-state index in [9.17, 15) is 18.4 Å². The van der Waals surface area contributed by atoms with E-state index in [1.807, 2.05) is 0 Å². The Bertz CT molecular complexity index is 753. The van der Waals surface area contributed by atoms with Gasteiger partial charge in [0.15, 0.2) is 18.2 Å². The first-order valence-electron chi connectivity index (χ1n) is 6.94. The zero-order valence-electron chi connectivity index (χ0n) is 12.7. The number of rotatable bonds is 5. The zero-order valence-corrected chi connectivity index (χ0v) is 12.7. The molecule has 0 spiro atoms. The first-order chi connectivity index (χ1) is 11.5. The number of anilines is 2. The van der Waals surface area contributed by atoms with Crippen LogP contribution < -0.4 is 20.7 Å². The summed E-state index contributed by atoms with van der Waals surface area (Å²) in [4.78, 5) is 23.1. The number of carbonyl (C=O) groups excluding carboxylic acids is 2. The van der Waals surface area contributed by atoms with Crippen LogP contribution in [0.15, 0.2) is 42.5 Å². The van der Waals surface area contributed by atoms with Crippen molar-refractivity contribution in [2.75, 3.05) is 24.3 Å². The summed E-state index contributed by atoms with van der Waals surface area (Å²) in [6.07, 6.45) is 0. The Hall–Kier alpha value is -3.16. The normalized spacial score (nSPS) is 9.96. The van der Waals surface area contributed by atoms with E-state index in [1.54, 1.807) is 24.3 Å². The Morgan fingerprint density at radius 2 is 1.75 bits per heavy atom. The average molecular weight is 335 g/mol. The maximum absolute atomic E-state index is 13.4. The van der Waals surface area contributed by atoms with E-state index in [0.717, 1.165) is 12.1 Å². The molecule has 0 unspecified atom stereocenters. The first kappa shape index (κ1) is 17.2. The van der Waals surface area contributed by atoms with Crippen LogP contribution >= 0.6 is 0 Å². The molecule has 0 radical (unpaired) electrons. The highest BCUT2D eigenvalue weighted by molar-refractivity contribution is 5.94. The van der Waals surface area contributed by atoms with Crippen LogP contribution in [0.25, 0.3) is 0 Å². The van der Waals surface area contributed by atoms with Crippen LogP contribution in [0.2, 0.25) is 0 Å². The number of ether oxygens (including phenoxy) is 1. The van der Waals surface area contributed by atoms with Gasteiger partial charge in [0.2, 0.25) is 0 Å². The van der Waals surface area contributed by atoms with Crippen molar-refractivity contribution in [3.8, 4) is 5.75 Å². The highest BCUT2D eigenvalue weighted by Crippen LogP contribution is 2.18. The van der Waals surface area contributed by atoms with Crippen molar-refractivity contribution in [1.29, 1.82) is 0 Å². The number of carbonyl (C=O) groups is 2. The van der Waals surface area contributed by atoms with Crippen LogP contribution in [0.5, 0.6) is 5.75 Å². The second kappa shape index (κ2) is 7.91. The predicted molar refractivity (Wildman–Crippen MR) is 85.0 cm³/mol. The molecule has 0 aromatic heterocycles. The summed E-state index contributed by atoms with van der Waals surface area (Å²) in [6, 6.07) is 8.86. The fourth-order valence-corrected chi connectivity index (χ4v) is 1.80. The van der Waals surface area contributed by atoms with Crippen LogP contribution in [-0.2, 0) is 4.79 Å². The maximum Gasteiger partial charge on any atom is 0.318 e. The van der Waals surface area contributed by atoms with E-state index in [1.165, 1.54) is 7.05 Å². The van der Waals surface area contributed by atoms with Gasteiger partial charge in [0.25, 0.3) is 5.91 Å². The smallest absolute Gasteiger partial charge is 0.318 e. The summed E-state index contributed by atoms with van der Waals surface area (Å²) < 4.78 is 31.2. The highest BCUT2D eigenvalue weighted by atomic mass is 19.1. The van der Waals surface area contributed by atoms with Crippen molar-refractivity contribution in [2.24, 2.45) is 0 Å². The van der Waals surface area contributed by atoms with Crippen LogP contribution in [-0.4, -0.2) is 25.6 Å². The van der Waals surface area contributed by atoms with Crippen molar-refractivity contribution < 1.29 is 23.1 Å². The summed E-state index contributed by atoms with van der Waals surface area (Å²) in [7, 11) is 1.48. The van der Waals surface area contributed by atoms with Crippen molar-refractivity contribution in [1.82, 2.24) is 5.32 Å². The first-order valence-corrected chi connectivity index (χ1v) is 6.94.